The second kappa shape index (κ2) is 14.5. The third-order valence-corrected chi connectivity index (χ3v) is 7.39. The first kappa shape index (κ1) is 30.6. The monoisotopic (exact) mass is 590 g/mol. The first-order chi connectivity index (χ1) is 18.7. The van der Waals surface area contributed by atoms with Crippen molar-refractivity contribution in [3.8, 4) is 17.0 Å². The quantitative estimate of drug-likeness (QED) is 0.153. The van der Waals surface area contributed by atoms with Gasteiger partial charge in [-0.25, -0.2) is 9.78 Å². The Labute approximate surface area is 242 Å². The van der Waals surface area contributed by atoms with Crippen LogP contribution in [0.4, 0.5) is 5.13 Å². The van der Waals surface area contributed by atoms with Crippen molar-refractivity contribution in [1.29, 1.82) is 0 Å². The molecule has 39 heavy (non-hydrogen) atoms. The molecule has 1 amide bonds. The van der Waals surface area contributed by atoms with Gasteiger partial charge in [-0.1, -0.05) is 62.0 Å². The summed E-state index contributed by atoms with van der Waals surface area (Å²) in [5.74, 6) is -0.830. The number of carbonyl (C=O) groups is 2. The minimum atomic E-state index is -1.09. The SMILES string of the molecule is CCCCO[C@@H](CCC)c1cccc(-c2csc(NC(=O)c3cc(Cl)c(C=C(C)C(=O)O)c(Cl)c3)n2)c1OC. The van der Waals surface area contributed by atoms with Crippen LogP contribution in [0.25, 0.3) is 17.3 Å². The molecule has 0 radical (unpaired) electrons. The summed E-state index contributed by atoms with van der Waals surface area (Å²) in [6, 6.07) is 8.80. The maximum Gasteiger partial charge on any atom is 0.331 e. The molecule has 208 valence electrons. The molecule has 0 unspecified atom stereocenters. The third kappa shape index (κ3) is 7.82. The summed E-state index contributed by atoms with van der Waals surface area (Å²) in [4.78, 5) is 28.7. The molecule has 0 saturated heterocycles. The summed E-state index contributed by atoms with van der Waals surface area (Å²) in [6.07, 6.45) is 5.19. The summed E-state index contributed by atoms with van der Waals surface area (Å²) < 4.78 is 12.0. The molecule has 10 heteroatoms. The zero-order chi connectivity index (χ0) is 28.5. The highest BCUT2D eigenvalue weighted by atomic mass is 35.5. The van der Waals surface area contributed by atoms with Crippen molar-refractivity contribution in [3.63, 3.8) is 0 Å². The van der Waals surface area contributed by atoms with Crippen LogP contribution in [0, 0.1) is 0 Å². The summed E-state index contributed by atoms with van der Waals surface area (Å²) in [5, 5.41) is 14.5. The Balaban J connectivity index is 1.85. The number of nitrogens with zero attached hydrogens (tertiary/aromatic N) is 1. The maximum atomic E-state index is 13.0. The van der Waals surface area contributed by atoms with Crippen LogP contribution >= 0.6 is 34.5 Å². The first-order valence-corrected chi connectivity index (χ1v) is 14.3. The van der Waals surface area contributed by atoms with Gasteiger partial charge in [0.05, 0.1) is 29.0 Å². The van der Waals surface area contributed by atoms with Crippen LogP contribution in [0.15, 0.2) is 41.3 Å². The van der Waals surface area contributed by atoms with E-state index in [0.29, 0.717) is 28.7 Å². The number of unbranched alkanes of at least 4 members (excludes halogenated alkanes) is 1. The van der Waals surface area contributed by atoms with Gasteiger partial charge in [-0.05, 0) is 44.0 Å². The minimum Gasteiger partial charge on any atom is -0.496 e. The molecule has 3 rings (SSSR count). The summed E-state index contributed by atoms with van der Waals surface area (Å²) in [6.45, 7) is 6.39. The number of halogens is 2. The number of carboxylic acid groups (broad SMARTS) is 1. The molecular formula is C29H32Cl2N2O5S. The number of hydrogen-bond donors (Lipinski definition) is 2. The highest BCUT2D eigenvalue weighted by Gasteiger charge is 2.21. The van der Waals surface area contributed by atoms with Crippen LogP contribution in [-0.4, -0.2) is 35.7 Å². The molecule has 3 aromatic rings. The Morgan fingerprint density at radius 1 is 1.18 bits per heavy atom. The Bertz CT molecular complexity index is 1330. The zero-order valence-electron chi connectivity index (χ0n) is 22.3. The van der Waals surface area contributed by atoms with Crippen molar-refractivity contribution in [2.24, 2.45) is 0 Å². The van der Waals surface area contributed by atoms with Crippen molar-refractivity contribution in [2.45, 2.75) is 52.6 Å². The molecule has 2 N–H and O–H groups in total. The van der Waals surface area contributed by atoms with Crippen molar-refractivity contribution < 1.29 is 24.2 Å². The highest BCUT2D eigenvalue weighted by molar-refractivity contribution is 7.14. The van der Waals surface area contributed by atoms with E-state index in [1.165, 1.54) is 36.5 Å². The number of ether oxygens (including phenoxy) is 2. The zero-order valence-corrected chi connectivity index (χ0v) is 24.7. The molecule has 1 heterocycles. The molecule has 0 aliphatic heterocycles. The fourth-order valence-corrected chi connectivity index (χ4v) is 5.26. The molecule has 1 aromatic heterocycles. The number of para-hydroxylation sites is 1. The van der Waals surface area contributed by atoms with E-state index < -0.39 is 11.9 Å². The fraction of sp³-hybridized carbons (Fsp3) is 0.345. The number of rotatable bonds is 13. The number of methoxy groups -OCH3 is 1. The van der Waals surface area contributed by atoms with Crippen LogP contribution < -0.4 is 10.1 Å². The standard InChI is InChI=1S/C29H32Cl2N2O5S/c1-5-7-12-38-25(9-6-2)20-11-8-10-19(26(20)37-4)24-16-39-29(32-24)33-27(34)18-14-22(30)21(23(31)15-18)13-17(3)28(35)36/h8,10-11,13-16,25H,5-7,9,12H2,1-4H3,(H,35,36)(H,32,33,34)/t25-/m0/s1. The van der Waals surface area contributed by atoms with Crippen LogP contribution in [0.1, 0.15) is 74.0 Å². The lowest BCUT2D eigenvalue weighted by Crippen LogP contribution is -2.12. The first-order valence-electron chi connectivity index (χ1n) is 12.7. The summed E-state index contributed by atoms with van der Waals surface area (Å²) in [7, 11) is 1.64. The van der Waals surface area contributed by atoms with Gasteiger partial charge in [-0.3, -0.25) is 10.1 Å². The molecule has 0 aliphatic rings. The number of carboxylic acids is 1. The Morgan fingerprint density at radius 3 is 2.51 bits per heavy atom. The summed E-state index contributed by atoms with van der Waals surface area (Å²) >= 11 is 13.9. The number of thiazole rings is 1. The smallest absolute Gasteiger partial charge is 0.331 e. The molecule has 0 bridgehead atoms. The fourth-order valence-electron chi connectivity index (χ4n) is 3.95. The number of nitrogens with one attached hydrogen (secondary N) is 1. The van der Waals surface area contributed by atoms with E-state index in [1.54, 1.807) is 7.11 Å². The van der Waals surface area contributed by atoms with Gasteiger partial charge in [0, 0.05) is 39.8 Å². The number of carbonyl (C=O) groups excluding carboxylic acids is 1. The second-order valence-corrected chi connectivity index (χ2v) is 10.6. The molecule has 0 aliphatic carbocycles. The van der Waals surface area contributed by atoms with E-state index >= 15 is 0 Å². The van der Waals surface area contributed by atoms with Gasteiger partial charge in [0.15, 0.2) is 5.13 Å². The highest BCUT2D eigenvalue weighted by Crippen LogP contribution is 2.40. The van der Waals surface area contributed by atoms with Gasteiger partial charge in [0.2, 0.25) is 0 Å². The van der Waals surface area contributed by atoms with Crippen molar-refractivity contribution in [2.75, 3.05) is 19.0 Å². The van der Waals surface area contributed by atoms with Gasteiger partial charge < -0.3 is 14.6 Å². The maximum absolute atomic E-state index is 13.0. The molecular weight excluding hydrogens is 559 g/mol. The number of hydrogen-bond acceptors (Lipinski definition) is 6. The van der Waals surface area contributed by atoms with Crippen LogP contribution in [0.2, 0.25) is 10.0 Å². The van der Waals surface area contributed by atoms with E-state index in [9.17, 15) is 9.59 Å². The number of amides is 1. The molecule has 7 nitrogen and oxygen atoms in total. The Hall–Kier alpha value is -2.91. The predicted octanol–water partition coefficient (Wildman–Crippen LogP) is 8.52. The normalized spacial score (nSPS) is 12.3. The Morgan fingerprint density at radius 2 is 1.90 bits per heavy atom. The van der Waals surface area contributed by atoms with Gasteiger partial charge in [-0.15, -0.1) is 11.3 Å². The topological polar surface area (TPSA) is 97.8 Å². The lowest BCUT2D eigenvalue weighted by atomic mass is 9.99. The minimum absolute atomic E-state index is 0.0688. The summed E-state index contributed by atoms with van der Waals surface area (Å²) in [5.41, 5.74) is 3.07. The van der Waals surface area contributed by atoms with Crippen LogP contribution in [0.5, 0.6) is 5.75 Å². The molecule has 1 atom stereocenters. The Kier molecular flexibility index (Phi) is 11.4. The van der Waals surface area contributed by atoms with Crippen molar-refractivity contribution in [1.82, 2.24) is 4.98 Å². The van der Waals surface area contributed by atoms with Gasteiger partial charge in [-0.2, -0.15) is 0 Å². The van der Waals surface area contributed by atoms with Crippen LogP contribution in [0.3, 0.4) is 0 Å². The molecule has 2 aromatic carbocycles. The average Bonchev–Trinajstić information content (AvgIpc) is 3.37. The predicted molar refractivity (Wildman–Crippen MR) is 158 cm³/mol. The van der Waals surface area contributed by atoms with E-state index in [2.05, 4.69) is 24.1 Å². The molecule has 0 saturated carbocycles. The number of aliphatic carboxylic acids is 1. The van der Waals surface area contributed by atoms with Crippen molar-refractivity contribution in [3.05, 3.63) is 68.0 Å². The van der Waals surface area contributed by atoms with E-state index in [0.717, 1.165) is 36.8 Å². The number of aromatic nitrogens is 1. The second-order valence-electron chi connectivity index (χ2n) is 8.91. The lowest BCUT2D eigenvalue weighted by Gasteiger charge is -2.21. The largest absolute Gasteiger partial charge is 0.496 e. The molecule has 0 fully saturated rings. The van der Waals surface area contributed by atoms with E-state index in [-0.39, 0.29) is 27.3 Å². The van der Waals surface area contributed by atoms with E-state index in [4.69, 9.17) is 37.8 Å². The van der Waals surface area contributed by atoms with Gasteiger partial charge >= 0.3 is 5.97 Å². The van der Waals surface area contributed by atoms with Gasteiger partial charge in [0.25, 0.3) is 5.91 Å². The van der Waals surface area contributed by atoms with Crippen LogP contribution in [-0.2, 0) is 9.53 Å². The van der Waals surface area contributed by atoms with Crippen molar-refractivity contribution >= 4 is 57.6 Å². The van der Waals surface area contributed by atoms with Gasteiger partial charge in [0.1, 0.15) is 5.75 Å². The average molecular weight is 592 g/mol. The van der Waals surface area contributed by atoms with E-state index in [1.807, 2.05) is 23.6 Å². The number of benzene rings is 2. The third-order valence-electron chi connectivity index (χ3n) is 6.00. The molecule has 0 spiro atoms. The lowest BCUT2D eigenvalue weighted by molar-refractivity contribution is -0.132. The number of anilines is 1.